The number of ether oxygens (including phenoxy) is 1. The van der Waals surface area contributed by atoms with Crippen LogP contribution in [0, 0.1) is 18.3 Å². The van der Waals surface area contributed by atoms with Gasteiger partial charge in [-0.15, -0.1) is 18.3 Å². The van der Waals surface area contributed by atoms with E-state index in [9.17, 15) is 23.2 Å². The first-order valence-corrected chi connectivity index (χ1v) is 14.9. The molecule has 0 bridgehead atoms. The van der Waals surface area contributed by atoms with E-state index >= 15 is 0 Å². The average molecular weight is 632 g/mol. The van der Waals surface area contributed by atoms with Gasteiger partial charge in [0.2, 0.25) is 0 Å². The summed E-state index contributed by atoms with van der Waals surface area (Å²) in [5.41, 5.74) is 5.29. The Morgan fingerprint density at radius 2 is 1.87 bits per heavy atom. The molecule has 9 nitrogen and oxygen atoms in total. The molecule has 0 radical (unpaired) electrons. The number of amidine groups is 1. The monoisotopic (exact) mass is 631 g/mol. The normalized spacial score (nSPS) is 14.6. The molecule has 0 spiro atoms. The summed E-state index contributed by atoms with van der Waals surface area (Å²) in [5.74, 6) is 1.15. The summed E-state index contributed by atoms with van der Waals surface area (Å²) < 4.78 is 42.6. The minimum atomic E-state index is -4.77. The van der Waals surface area contributed by atoms with Crippen LogP contribution in [0.4, 0.5) is 23.7 Å². The molecule has 2 amide bonds. The Bertz CT molecular complexity index is 1790. The predicted molar refractivity (Wildman–Crippen MR) is 168 cm³/mol. The van der Waals surface area contributed by atoms with Crippen molar-refractivity contribution in [1.29, 1.82) is 5.26 Å². The number of aliphatic imine (C=N–C) groups is 1. The molecular weight excluding hydrogens is 603 g/mol. The summed E-state index contributed by atoms with van der Waals surface area (Å²) in [5, 5.41) is 17.4. The lowest BCUT2D eigenvalue weighted by Crippen LogP contribution is -2.27. The fraction of sp³-hybridized carbons (Fsp3) is 0.219. The number of nitrogens with one attached hydrogen (secondary N) is 1. The largest absolute Gasteiger partial charge is 0.573 e. The summed E-state index contributed by atoms with van der Waals surface area (Å²) in [4.78, 5) is 23.4. The SMILES string of the molecule is Cc1ccc(C(C)C)c(N2CCSC2=NC(=O)N/C=C(\C#N)c2ccc(-c3ncn(-c4ccc(OC(F)(F)F)cc4)n3)cc2)c1. The van der Waals surface area contributed by atoms with Crippen LogP contribution in [0.1, 0.15) is 36.5 Å². The standard InChI is InChI=1S/C32H28F3N7O2S/c1-20(2)27-13-4-21(3)16-28(27)41-14-15-45-31(41)39-30(43)37-18-24(17-36)22-5-7-23(8-6-22)29-38-19-42(40-29)25-9-11-26(12-10-25)44-32(33,34)35/h4-13,16,18-20H,14-15H2,1-3H3,(H,37,43)/b24-18+,39-31?. The van der Waals surface area contributed by atoms with E-state index in [1.54, 1.807) is 24.3 Å². The van der Waals surface area contributed by atoms with Crippen molar-refractivity contribution in [2.24, 2.45) is 4.99 Å². The second kappa shape index (κ2) is 13.3. The van der Waals surface area contributed by atoms with E-state index in [2.05, 4.69) is 68.1 Å². The number of amides is 2. The van der Waals surface area contributed by atoms with Gasteiger partial charge in [0, 0.05) is 29.7 Å². The Hall–Kier alpha value is -5.09. The molecule has 1 aromatic heterocycles. The molecule has 13 heteroatoms. The van der Waals surface area contributed by atoms with Crippen molar-refractivity contribution >= 4 is 34.2 Å². The predicted octanol–water partition coefficient (Wildman–Crippen LogP) is 7.45. The van der Waals surface area contributed by atoms with E-state index in [1.165, 1.54) is 58.8 Å². The first-order chi connectivity index (χ1) is 21.5. The molecule has 45 heavy (non-hydrogen) atoms. The molecule has 4 aromatic rings. The number of aryl methyl sites for hydroxylation is 1. The highest BCUT2D eigenvalue weighted by Gasteiger charge is 2.31. The summed E-state index contributed by atoms with van der Waals surface area (Å²) in [6.07, 6.45) is -2.01. The van der Waals surface area contributed by atoms with Crippen molar-refractivity contribution in [3.8, 4) is 28.9 Å². The first kappa shape index (κ1) is 31.3. The highest BCUT2D eigenvalue weighted by atomic mass is 32.2. The van der Waals surface area contributed by atoms with Crippen molar-refractivity contribution in [2.45, 2.75) is 33.1 Å². The van der Waals surface area contributed by atoms with E-state index in [4.69, 9.17) is 0 Å². The summed E-state index contributed by atoms with van der Waals surface area (Å²) in [7, 11) is 0. The van der Waals surface area contributed by atoms with Crippen molar-refractivity contribution in [3.05, 3.63) is 95.9 Å². The molecule has 1 N–H and O–H groups in total. The number of carbonyl (C=O) groups is 1. The molecule has 3 aromatic carbocycles. The van der Waals surface area contributed by atoms with Gasteiger partial charge < -0.3 is 15.0 Å². The Morgan fingerprint density at radius 3 is 2.53 bits per heavy atom. The van der Waals surface area contributed by atoms with Crippen molar-refractivity contribution in [1.82, 2.24) is 20.1 Å². The molecule has 0 unspecified atom stereocenters. The molecular formula is C32H28F3N7O2S. The molecule has 1 fully saturated rings. The zero-order valence-electron chi connectivity index (χ0n) is 24.5. The van der Waals surface area contributed by atoms with Crippen LogP contribution in [-0.4, -0.2) is 44.6 Å². The first-order valence-electron chi connectivity index (χ1n) is 13.9. The highest BCUT2D eigenvalue weighted by Crippen LogP contribution is 2.33. The summed E-state index contributed by atoms with van der Waals surface area (Å²) in [6, 6.07) is 19.9. The van der Waals surface area contributed by atoms with Crippen molar-refractivity contribution in [3.63, 3.8) is 0 Å². The second-order valence-electron chi connectivity index (χ2n) is 10.4. The zero-order chi connectivity index (χ0) is 32.1. The number of rotatable bonds is 7. The van der Waals surface area contributed by atoms with Gasteiger partial charge in [-0.25, -0.2) is 14.5 Å². The van der Waals surface area contributed by atoms with E-state index in [0.29, 0.717) is 33.7 Å². The number of hydrogen-bond acceptors (Lipinski definition) is 6. The maximum Gasteiger partial charge on any atom is 0.573 e. The lowest BCUT2D eigenvalue weighted by atomic mass is 9.99. The minimum absolute atomic E-state index is 0.228. The number of allylic oxidation sites excluding steroid dienone is 1. The molecule has 0 atom stereocenters. The number of nitriles is 1. The van der Waals surface area contributed by atoms with Crippen LogP contribution in [-0.2, 0) is 0 Å². The Balaban J connectivity index is 1.26. The number of urea groups is 1. The third kappa shape index (κ3) is 7.71. The number of halogens is 3. The Labute approximate surface area is 262 Å². The van der Waals surface area contributed by atoms with Gasteiger partial charge in [-0.05, 0) is 59.9 Å². The lowest BCUT2D eigenvalue weighted by Gasteiger charge is -2.23. The zero-order valence-corrected chi connectivity index (χ0v) is 25.4. The van der Waals surface area contributed by atoms with Gasteiger partial charge in [0.05, 0.1) is 11.3 Å². The number of benzene rings is 3. The molecule has 5 rings (SSSR count). The number of hydrogen-bond donors (Lipinski definition) is 1. The number of carbonyl (C=O) groups excluding carboxylic acids is 1. The number of thioether (sulfide) groups is 1. The molecule has 0 saturated carbocycles. The second-order valence-corrected chi connectivity index (χ2v) is 11.4. The van der Waals surface area contributed by atoms with Crippen LogP contribution < -0.4 is 15.0 Å². The fourth-order valence-electron chi connectivity index (χ4n) is 4.65. The maximum atomic E-state index is 12.8. The topological polar surface area (TPSA) is 108 Å². The van der Waals surface area contributed by atoms with Gasteiger partial charge in [-0.1, -0.05) is 62.0 Å². The fourth-order valence-corrected chi connectivity index (χ4v) is 5.60. The van der Waals surface area contributed by atoms with E-state index < -0.39 is 12.4 Å². The maximum absolute atomic E-state index is 12.8. The molecule has 230 valence electrons. The van der Waals surface area contributed by atoms with Crippen molar-refractivity contribution in [2.75, 3.05) is 17.2 Å². The molecule has 0 aliphatic carbocycles. The number of aromatic nitrogens is 3. The lowest BCUT2D eigenvalue weighted by molar-refractivity contribution is -0.274. The van der Waals surface area contributed by atoms with Crippen LogP contribution in [0.25, 0.3) is 22.6 Å². The van der Waals surface area contributed by atoms with Crippen LogP contribution >= 0.6 is 11.8 Å². The average Bonchev–Trinajstić information content (AvgIpc) is 3.68. The van der Waals surface area contributed by atoms with E-state index in [1.807, 2.05) is 6.92 Å². The van der Waals surface area contributed by atoms with Gasteiger partial charge in [0.25, 0.3) is 0 Å². The third-order valence-corrected chi connectivity index (χ3v) is 7.77. The van der Waals surface area contributed by atoms with Crippen LogP contribution in [0.3, 0.4) is 0 Å². The van der Waals surface area contributed by atoms with Gasteiger partial charge in [0.15, 0.2) is 11.0 Å². The molecule has 2 heterocycles. The summed E-state index contributed by atoms with van der Waals surface area (Å²) in [6.45, 7) is 7.04. The molecule has 1 aliphatic rings. The van der Waals surface area contributed by atoms with Crippen LogP contribution in [0.15, 0.2) is 84.2 Å². The quantitative estimate of drug-likeness (QED) is 0.211. The van der Waals surface area contributed by atoms with E-state index in [-0.39, 0.29) is 11.3 Å². The number of nitrogens with zero attached hydrogens (tertiary/aromatic N) is 6. The third-order valence-electron chi connectivity index (χ3n) is 6.81. The van der Waals surface area contributed by atoms with Crippen LogP contribution in [0.2, 0.25) is 0 Å². The highest BCUT2D eigenvalue weighted by molar-refractivity contribution is 8.14. The number of anilines is 1. The Kier molecular flexibility index (Phi) is 9.24. The molecule has 1 saturated heterocycles. The van der Waals surface area contributed by atoms with Gasteiger partial charge in [-0.3, -0.25) is 0 Å². The van der Waals surface area contributed by atoms with Gasteiger partial charge >= 0.3 is 12.4 Å². The molecule has 1 aliphatic heterocycles. The van der Waals surface area contributed by atoms with Gasteiger partial charge in [0.1, 0.15) is 18.1 Å². The minimum Gasteiger partial charge on any atom is -0.406 e. The van der Waals surface area contributed by atoms with Gasteiger partial charge in [-0.2, -0.15) is 10.3 Å². The van der Waals surface area contributed by atoms with Crippen molar-refractivity contribution < 1.29 is 22.7 Å². The van der Waals surface area contributed by atoms with E-state index in [0.717, 1.165) is 23.5 Å². The summed E-state index contributed by atoms with van der Waals surface area (Å²) >= 11 is 1.51. The van der Waals surface area contributed by atoms with Crippen LogP contribution in [0.5, 0.6) is 5.75 Å². The number of alkyl halides is 3. The Morgan fingerprint density at radius 1 is 1.13 bits per heavy atom. The smallest absolute Gasteiger partial charge is 0.406 e.